The topological polar surface area (TPSA) is 48.5 Å². The Balaban J connectivity index is 1.61. The highest BCUT2D eigenvalue weighted by molar-refractivity contribution is 7.10. The van der Waals surface area contributed by atoms with E-state index in [9.17, 15) is 0 Å². The van der Waals surface area contributed by atoms with Gasteiger partial charge in [-0.2, -0.15) is 0 Å². The van der Waals surface area contributed by atoms with Gasteiger partial charge in [0.05, 0.1) is 6.54 Å². The summed E-state index contributed by atoms with van der Waals surface area (Å²) in [6, 6.07) is 12.4. The summed E-state index contributed by atoms with van der Waals surface area (Å²) in [5, 5.41) is 12.2. The zero-order valence-electron chi connectivity index (χ0n) is 13.2. The molecule has 5 heteroatoms. The highest BCUT2D eigenvalue weighted by Crippen LogP contribution is 2.14. The number of aliphatic imine (C=N–C) groups is 1. The van der Waals surface area contributed by atoms with E-state index in [1.807, 2.05) is 18.2 Å². The first-order valence-electron chi connectivity index (χ1n) is 7.56. The molecule has 0 radical (unpaired) electrons. The van der Waals surface area contributed by atoms with Crippen LogP contribution >= 0.6 is 11.3 Å². The third kappa shape index (κ3) is 5.41. The van der Waals surface area contributed by atoms with Crippen LogP contribution in [0.15, 0.2) is 46.8 Å². The van der Waals surface area contributed by atoms with Gasteiger partial charge in [0.1, 0.15) is 0 Å². The number of hydrogen-bond donors (Lipinski definition) is 3. The Bertz CT molecular complexity index is 577. The molecular weight excluding hydrogens is 292 g/mol. The van der Waals surface area contributed by atoms with E-state index in [4.69, 9.17) is 0 Å². The summed E-state index contributed by atoms with van der Waals surface area (Å²) in [5.74, 6) is 0.854. The lowest BCUT2D eigenvalue weighted by Gasteiger charge is -2.12. The lowest BCUT2D eigenvalue weighted by atomic mass is 10.3. The van der Waals surface area contributed by atoms with E-state index < -0.39 is 0 Å². The van der Waals surface area contributed by atoms with Crippen LogP contribution in [0.5, 0.6) is 0 Å². The molecule has 0 fully saturated rings. The molecule has 0 unspecified atom stereocenters. The number of thiophene rings is 1. The fourth-order valence-corrected chi connectivity index (χ4v) is 2.90. The van der Waals surface area contributed by atoms with Gasteiger partial charge in [-0.15, -0.1) is 11.3 Å². The van der Waals surface area contributed by atoms with Crippen LogP contribution in [0.3, 0.4) is 0 Å². The second-order valence-corrected chi connectivity index (χ2v) is 6.03. The van der Waals surface area contributed by atoms with Crippen molar-refractivity contribution >= 4 is 23.0 Å². The molecule has 0 aliphatic heterocycles. The largest absolute Gasteiger partial charge is 0.385 e. The molecule has 0 aliphatic carbocycles. The number of anilines is 1. The third-order valence-corrected chi connectivity index (χ3v) is 4.38. The molecule has 0 spiro atoms. The second kappa shape index (κ2) is 9.10. The number of para-hydroxylation sites is 1. The zero-order chi connectivity index (χ0) is 15.6. The van der Waals surface area contributed by atoms with Gasteiger partial charge in [-0.25, -0.2) is 0 Å². The van der Waals surface area contributed by atoms with Crippen molar-refractivity contribution < 1.29 is 0 Å². The van der Waals surface area contributed by atoms with Crippen LogP contribution in [0.4, 0.5) is 5.69 Å². The number of guanidine groups is 1. The average molecular weight is 316 g/mol. The van der Waals surface area contributed by atoms with Crippen LogP contribution in [0, 0.1) is 6.92 Å². The number of aryl methyl sites for hydroxylation is 1. The Morgan fingerprint density at radius 3 is 2.59 bits per heavy atom. The van der Waals surface area contributed by atoms with Crippen LogP contribution < -0.4 is 16.0 Å². The summed E-state index contributed by atoms with van der Waals surface area (Å²) in [5.41, 5.74) is 2.50. The maximum Gasteiger partial charge on any atom is 0.191 e. The summed E-state index contributed by atoms with van der Waals surface area (Å²) in [4.78, 5) is 5.61. The first kappa shape index (κ1) is 16.4. The van der Waals surface area contributed by atoms with Crippen molar-refractivity contribution in [2.45, 2.75) is 19.9 Å². The van der Waals surface area contributed by atoms with Crippen molar-refractivity contribution in [3.05, 3.63) is 52.2 Å². The maximum absolute atomic E-state index is 4.25. The molecule has 1 aromatic heterocycles. The smallest absolute Gasteiger partial charge is 0.191 e. The standard InChI is InChI=1S/C17H24N4S/c1-14-9-12-22-16(14)13-21-17(18-2)20-11-6-10-19-15-7-4-3-5-8-15/h3-5,7-9,12,19H,6,10-11,13H2,1-2H3,(H2,18,20,21). The van der Waals surface area contributed by atoms with Gasteiger partial charge < -0.3 is 16.0 Å². The Labute approximate surface area is 136 Å². The van der Waals surface area contributed by atoms with E-state index in [0.717, 1.165) is 37.7 Å². The molecule has 3 N–H and O–H groups in total. The molecule has 4 nitrogen and oxygen atoms in total. The van der Waals surface area contributed by atoms with Crippen LogP contribution in [0.1, 0.15) is 16.9 Å². The summed E-state index contributed by atoms with van der Waals surface area (Å²) in [6.07, 6.45) is 1.04. The van der Waals surface area contributed by atoms with Crippen LogP contribution in [-0.4, -0.2) is 26.1 Å². The van der Waals surface area contributed by atoms with Gasteiger partial charge in [-0.1, -0.05) is 18.2 Å². The average Bonchev–Trinajstić information content (AvgIpc) is 2.96. The van der Waals surface area contributed by atoms with Gasteiger partial charge in [-0.3, -0.25) is 4.99 Å². The van der Waals surface area contributed by atoms with Crippen molar-refractivity contribution in [3.8, 4) is 0 Å². The van der Waals surface area contributed by atoms with E-state index in [2.05, 4.69) is 51.4 Å². The van der Waals surface area contributed by atoms with Gasteiger partial charge in [0, 0.05) is 30.7 Å². The Morgan fingerprint density at radius 2 is 1.91 bits per heavy atom. The van der Waals surface area contributed by atoms with Gasteiger partial charge in [-0.05, 0) is 42.5 Å². The number of hydrogen-bond acceptors (Lipinski definition) is 3. The first-order valence-corrected chi connectivity index (χ1v) is 8.44. The SMILES string of the molecule is CN=C(NCCCNc1ccccc1)NCc1sccc1C. The van der Waals surface area contributed by atoms with E-state index in [-0.39, 0.29) is 0 Å². The van der Waals surface area contributed by atoms with E-state index >= 15 is 0 Å². The van der Waals surface area contributed by atoms with Crippen molar-refractivity contribution in [1.29, 1.82) is 0 Å². The minimum absolute atomic E-state index is 0.825. The molecule has 1 heterocycles. The Hall–Kier alpha value is -2.01. The fourth-order valence-electron chi connectivity index (χ4n) is 2.05. The van der Waals surface area contributed by atoms with Crippen molar-refractivity contribution in [3.63, 3.8) is 0 Å². The van der Waals surface area contributed by atoms with Crippen molar-refractivity contribution in [1.82, 2.24) is 10.6 Å². The maximum atomic E-state index is 4.25. The van der Waals surface area contributed by atoms with Crippen molar-refractivity contribution in [2.75, 3.05) is 25.5 Å². The van der Waals surface area contributed by atoms with Gasteiger partial charge in [0.15, 0.2) is 5.96 Å². The number of nitrogens with zero attached hydrogens (tertiary/aromatic N) is 1. The molecule has 0 aliphatic rings. The molecule has 0 saturated carbocycles. The Kier molecular flexibility index (Phi) is 6.77. The van der Waals surface area contributed by atoms with E-state index in [1.165, 1.54) is 10.4 Å². The molecular formula is C17H24N4S. The summed E-state index contributed by atoms with van der Waals surface area (Å²) >= 11 is 1.78. The lowest BCUT2D eigenvalue weighted by molar-refractivity contribution is 0.764. The predicted molar refractivity (Wildman–Crippen MR) is 96.8 cm³/mol. The molecule has 0 saturated heterocycles. The summed E-state index contributed by atoms with van der Waals surface area (Å²) < 4.78 is 0. The highest BCUT2D eigenvalue weighted by Gasteiger charge is 2.01. The van der Waals surface area contributed by atoms with E-state index in [1.54, 1.807) is 18.4 Å². The van der Waals surface area contributed by atoms with Gasteiger partial charge in [0.2, 0.25) is 0 Å². The lowest BCUT2D eigenvalue weighted by Crippen LogP contribution is -2.37. The minimum atomic E-state index is 0.825. The third-order valence-electron chi connectivity index (χ3n) is 3.36. The highest BCUT2D eigenvalue weighted by atomic mass is 32.1. The molecule has 0 bridgehead atoms. The zero-order valence-corrected chi connectivity index (χ0v) is 14.0. The van der Waals surface area contributed by atoms with Crippen LogP contribution in [-0.2, 0) is 6.54 Å². The number of benzene rings is 1. The first-order chi connectivity index (χ1) is 10.8. The van der Waals surface area contributed by atoms with Crippen LogP contribution in [0.25, 0.3) is 0 Å². The molecule has 22 heavy (non-hydrogen) atoms. The molecule has 0 atom stereocenters. The predicted octanol–water partition coefficient (Wildman–Crippen LogP) is 3.22. The van der Waals surface area contributed by atoms with Crippen molar-refractivity contribution in [2.24, 2.45) is 4.99 Å². The fraction of sp³-hybridized carbons (Fsp3) is 0.353. The number of rotatable bonds is 7. The normalized spacial score (nSPS) is 11.3. The molecule has 0 amide bonds. The second-order valence-electron chi connectivity index (χ2n) is 5.03. The van der Waals surface area contributed by atoms with Crippen LogP contribution in [0.2, 0.25) is 0 Å². The molecule has 1 aromatic carbocycles. The summed E-state index contributed by atoms with van der Waals surface area (Å²) in [6.45, 7) is 4.80. The molecule has 118 valence electrons. The van der Waals surface area contributed by atoms with Gasteiger partial charge >= 0.3 is 0 Å². The summed E-state index contributed by atoms with van der Waals surface area (Å²) in [7, 11) is 1.80. The minimum Gasteiger partial charge on any atom is -0.385 e. The van der Waals surface area contributed by atoms with E-state index in [0.29, 0.717) is 0 Å². The molecule has 2 aromatic rings. The molecule has 2 rings (SSSR count). The number of nitrogens with one attached hydrogen (secondary N) is 3. The van der Waals surface area contributed by atoms with Gasteiger partial charge in [0.25, 0.3) is 0 Å². The monoisotopic (exact) mass is 316 g/mol. The quantitative estimate of drug-likeness (QED) is 0.417. The Morgan fingerprint density at radius 1 is 1.09 bits per heavy atom.